The van der Waals surface area contributed by atoms with E-state index in [4.69, 9.17) is 4.74 Å². The molecule has 0 saturated carbocycles. The maximum Gasteiger partial charge on any atom is 0.329 e. The fourth-order valence-corrected chi connectivity index (χ4v) is 1.98. The van der Waals surface area contributed by atoms with Gasteiger partial charge in [-0.2, -0.15) is 0 Å². The molecule has 1 aliphatic heterocycles. The lowest BCUT2D eigenvalue weighted by Crippen LogP contribution is -2.45. The van der Waals surface area contributed by atoms with Crippen molar-refractivity contribution >= 4 is 11.9 Å². The van der Waals surface area contributed by atoms with Gasteiger partial charge in [0.2, 0.25) is 5.91 Å². The molecule has 0 aromatic heterocycles. The van der Waals surface area contributed by atoms with Gasteiger partial charge in [-0.05, 0) is 33.6 Å². The number of hydrogen-bond acceptors (Lipinski definition) is 3. The van der Waals surface area contributed by atoms with Crippen molar-refractivity contribution in [3.8, 4) is 0 Å². The van der Waals surface area contributed by atoms with Crippen molar-refractivity contribution in [1.29, 1.82) is 0 Å². The van der Waals surface area contributed by atoms with Crippen molar-refractivity contribution < 1.29 is 14.3 Å². The van der Waals surface area contributed by atoms with Crippen LogP contribution in [0.2, 0.25) is 0 Å². The number of carbonyl (C=O) groups excluding carboxylic acids is 2. The molecule has 17 heavy (non-hydrogen) atoms. The van der Waals surface area contributed by atoms with Gasteiger partial charge in [0.1, 0.15) is 11.6 Å². The highest BCUT2D eigenvalue weighted by Crippen LogP contribution is 2.22. The van der Waals surface area contributed by atoms with Crippen molar-refractivity contribution in [2.24, 2.45) is 5.92 Å². The van der Waals surface area contributed by atoms with E-state index < -0.39 is 5.60 Å². The van der Waals surface area contributed by atoms with Crippen molar-refractivity contribution in [2.45, 2.75) is 59.1 Å². The minimum atomic E-state index is -0.494. The van der Waals surface area contributed by atoms with Crippen LogP contribution in [-0.2, 0) is 14.3 Å². The van der Waals surface area contributed by atoms with Crippen LogP contribution in [0.1, 0.15) is 47.5 Å². The second kappa shape index (κ2) is 5.07. The highest BCUT2D eigenvalue weighted by molar-refractivity contribution is 5.86. The molecule has 98 valence electrons. The Kier molecular flexibility index (Phi) is 4.17. The fraction of sp³-hybridized carbons (Fsp3) is 0.846. The Balaban J connectivity index is 2.70. The molecule has 1 atom stereocenters. The summed E-state index contributed by atoms with van der Waals surface area (Å²) in [6.45, 7) is 9.90. The third kappa shape index (κ3) is 3.72. The lowest BCUT2D eigenvalue weighted by atomic mass is 10.1. The summed E-state index contributed by atoms with van der Waals surface area (Å²) in [6, 6.07) is -0.385. The average Bonchev–Trinajstić information content (AvgIpc) is 2.61. The van der Waals surface area contributed by atoms with Gasteiger partial charge >= 0.3 is 5.97 Å². The van der Waals surface area contributed by atoms with Crippen LogP contribution in [-0.4, -0.2) is 35.0 Å². The van der Waals surface area contributed by atoms with Gasteiger partial charge in [0.25, 0.3) is 0 Å². The molecule has 0 aromatic carbocycles. The standard InChI is InChI=1S/C13H23NO3/c1-9(2)11(15)14-8-6-7-10(14)12(16)17-13(3,4)5/h9-10H,6-8H2,1-5H3. The summed E-state index contributed by atoms with van der Waals surface area (Å²) >= 11 is 0. The van der Waals surface area contributed by atoms with E-state index in [-0.39, 0.29) is 23.8 Å². The van der Waals surface area contributed by atoms with Gasteiger partial charge in [0.15, 0.2) is 0 Å². The second-order valence-electron chi connectivity index (χ2n) is 5.88. The van der Waals surface area contributed by atoms with Crippen LogP contribution < -0.4 is 0 Å². The smallest absolute Gasteiger partial charge is 0.329 e. The predicted molar refractivity (Wildman–Crippen MR) is 65.4 cm³/mol. The maximum absolute atomic E-state index is 12.0. The minimum Gasteiger partial charge on any atom is -0.458 e. The summed E-state index contributed by atoms with van der Waals surface area (Å²) in [7, 11) is 0. The van der Waals surface area contributed by atoms with Gasteiger partial charge in [0, 0.05) is 12.5 Å². The van der Waals surface area contributed by atoms with Gasteiger partial charge < -0.3 is 9.64 Å². The third-order valence-corrected chi connectivity index (χ3v) is 2.71. The molecule has 0 aliphatic carbocycles. The predicted octanol–water partition coefficient (Wildman–Crippen LogP) is 1.98. The summed E-state index contributed by atoms with van der Waals surface area (Å²) in [5, 5.41) is 0. The molecule has 0 spiro atoms. The SMILES string of the molecule is CC(C)C(=O)N1CCCC1C(=O)OC(C)(C)C. The van der Waals surface area contributed by atoms with E-state index >= 15 is 0 Å². The number of rotatable bonds is 2. The zero-order valence-corrected chi connectivity index (χ0v) is 11.4. The van der Waals surface area contributed by atoms with E-state index in [1.807, 2.05) is 34.6 Å². The van der Waals surface area contributed by atoms with Crippen molar-refractivity contribution in [1.82, 2.24) is 4.90 Å². The molecule has 1 rings (SSSR count). The fourth-order valence-electron chi connectivity index (χ4n) is 1.98. The molecule has 1 fully saturated rings. The lowest BCUT2D eigenvalue weighted by molar-refractivity contribution is -0.163. The van der Waals surface area contributed by atoms with E-state index in [9.17, 15) is 9.59 Å². The first kappa shape index (κ1) is 14.0. The molecule has 0 radical (unpaired) electrons. The summed E-state index contributed by atoms with van der Waals surface area (Å²) in [6.07, 6.45) is 1.59. The van der Waals surface area contributed by atoms with Gasteiger partial charge in [-0.1, -0.05) is 13.8 Å². The molecular weight excluding hydrogens is 218 g/mol. The largest absolute Gasteiger partial charge is 0.458 e. The molecule has 1 unspecified atom stereocenters. The normalized spacial score (nSPS) is 20.8. The number of amides is 1. The van der Waals surface area contributed by atoms with Crippen molar-refractivity contribution in [3.05, 3.63) is 0 Å². The van der Waals surface area contributed by atoms with Crippen LogP contribution in [0, 0.1) is 5.92 Å². The van der Waals surface area contributed by atoms with Crippen LogP contribution >= 0.6 is 0 Å². The number of hydrogen-bond donors (Lipinski definition) is 0. The summed E-state index contributed by atoms with van der Waals surface area (Å²) in [5.74, 6) is -0.305. The number of likely N-dealkylation sites (tertiary alicyclic amines) is 1. The number of esters is 1. The van der Waals surface area contributed by atoms with Crippen LogP contribution in [0.25, 0.3) is 0 Å². The molecule has 1 saturated heterocycles. The topological polar surface area (TPSA) is 46.6 Å². The highest BCUT2D eigenvalue weighted by Gasteiger charge is 2.37. The van der Waals surface area contributed by atoms with Gasteiger partial charge in [0.05, 0.1) is 0 Å². The Hall–Kier alpha value is -1.06. The zero-order valence-electron chi connectivity index (χ0n) is 11.4. The van der Waals surface area contributed by atoms with Crippen LogP contribution in [0.5, 0.6) is 0 Å². The molecule has 0 aromatic rings. The van der Waals surface area contributed by atoms with Crippen molar-refractivity contribution in [3.63, 3.8) is 0 Å². The first-order chi connectivity index (χ1) is 7.72. The Morgan fingerprint density at radius 1 is 1.29 bits per heavy atom. The zero-order chi connectivity index (χ0) is 13.2. The summed E-state index contributed by atoms with van der Waals surface area (Å²) in [5.41, 5.74) is -0.494. The average molecular weight is 241 g/mol. The molecule has 1 heterocycles. The molecule has 1 aliphatic rings. The number of ether oxygens (including phenoxy) is 1. The Morgan fingerprint density at radius 2 is 1.88 bits per heavy atom. The Bertz CT molecular complexity index is 304. The Morgan fingerprint density at radius 3 is 2.35 bits per heavy atom. The lowest BCUT2D eigenvalue weighted by Gasteiger charge is -2.28. The molecule has 4 heteroatoms. The van der Waals surface area contributed by atoms with Gasteiger partial charge in [-0.15, -0.1) is 0 Å². The molecule has 4 nitrogen and oxygen atoms in total. The van der Waals surface area contributed by atoms with E-state index in [1.165, 1.54) is 0 Å². The van der Waals surface area contributed by atoms with E-state index in [1.54, 1.807) is 4.90 Å². The molecule has 0 N–H and O–H groups in total. The van der Waals surface area contributed by atoms with Gasteiger partial charge in [-0.25, -0.2) is 4.79 Å². The first-order valence-electron chi connectivity index (χ1n) is 6.25. The number of carbonyl (C=O) groups is 2. The number of nitrogens with zero attached hydrogens (tertiary/aromatic N) is 1. The summed E-state index contributed by atoms with van der Waals surface area (Å²) in [4.78, 5) is 25.6. The van der Waals surface area contributed by atoms with Crippen LogP contribution in [0.3, 0.4) is 0 Å². The summed E-state index contributed by atoms with van der Waals surface area (Å²) < 4.78 is 5.35. The maximum atomic E-state index is 12.0. The molecule has 0 bridgehead atoms. The third-order valence-electron chi connectivity index (χ3n) is 2.71. The highest BCUT2D eigenvalue weighted by atomic mass is 16.6. The first-order valence-corrected chi connectivity index (χ1v) is 6.25. The Labute approximate surface area is 103 Å². The van der Waals surface area contributed by atoms with Crippen molar-refractivity contribution in [2.75, 3.05) is 6.54 Å². The van der Waals surface area contributed by atoms with Gasteiger partial charge in [-0.3, -0.25) is 4.79 Å². The minimum absolute atomic E-state index is 0.0401. The quantitative estimate of drug-likeness (QED) is 0.694. The molecular formula is C13H23NO3. The van der Waals surface area contributed by atoms with E-state index in [2.05, 4.69) is 0 Å². The van der Waals surface area contributed by atoms with Crippen LogP contribution in [0.4, 0.5) is 0 Å². The molecule has 1 amide bonds. The second-order valence-corrected chi connectivity index (χ2v) is 5.88. The van der Waals surface area contributed by atoms with E-state index in [0.29, 0.717) is 13.0 Å². The van der Waals surface area contributed by atoms with Crippen LogP contribution in [0.15, 0.2) is 0 Å². The monoisotopic (exact) mass is 241 g/mol. The van der Waals surface area contributed by atoms with E-state index in [0.717, 1.165) is 6.42 Å².